The van der Waals surface area contributed by atoms with E-state index < -0.39 is 0 Å². The fourth-order valence-corrected chi connectivity index (χ4v) is 7.96. The summed E-state index contributed by atoms with van der Waals surface area (Å²) in [5.41, 5.74) is 14.1. The number of benzene rings is 5. The van der Waals surface area contributed by atoms with E-state index >= 15 is 0 Å². The molecule has 0 aliphatic heterocycles. The molecular formula is C40H31N3. The highest BCUT2D eigenvalue weighted by Crippen LogP contribution is 2.54. The number of para-hydroxylation sites is 1. The van der Waals surface area contributed by atoms with Gasteiger partial charge in [-0.15, -0.1) is 0 Å². The zero-order chi connectivity index (χ0) is 29.1. The predicted molar refractivity (Wildman–Crippen MR) is 177 cm³/mol. The standard InChI is InChI=1S/C40H31N3/c1-39(2)29-19-11-8-17-27(29)33-31(39)23-22-26-25-16-10-13-21-32(25)43(37(26)33)38-41-35(24-14-6-5-7-15-24)34-36(42-38)28-18-9-12-20-30(28)40(34,3)4/h5-23H,1-4H3. The van der Waals surface area contributed by atoms with Crippen LogP contribution in [0.15, 0.2) is 115 Å². The summed E-state index contributed by atoms with van der Waals surface area (Å²) in [6.45, 7) is 9.29. The van der Waals surface area contributed by atoms with Crippen molar-refractivity contribution < 1.29 is 0 Å². The Balaban J connectivity index is 1.47. The smallest absolute Gasteiger partial charge is 0.235 e. The lowest BCUT2D eigenvalue weighted by Crippen LogP contribution is -2.18. The molecule has 206 valence electrons. The van der Waals surface area contributed by atoms with Gasteiger partial charge in [0.05, 0.1) is 22.4 Å². The van der Waals surface area contributed by atoms with Gasteiger partial charge in [0.25, 0.3) is 0 Å². The van der Waals surface area contributed by atoms with E-state index in [1.165, 1.54) is 55.2 Å². The highest BCUT2D eigenvalue weighted by molar-refractivity contribution is 6.15. The average molecular weight is 554 g/mol. The van der Waals surface area contributed by atoms with Gasteiger partial charge in [0.2, 0.25) is 5.95 Å². The second-order valence-corrected chi connectivity index (χ2v) is 13.0. The van der Waals surface area contributed by atoms with Crippen LogP contribution in [0.5, 0.6) is 0 Å². The monoisotopic (exact) mass is 553 g/mol. The van der Waals surface area contributed by atoms with Crippen molar-refractivity contribution in [3.63, 3.8) is 0 Å². The number of hydrogen-bond donors (Lipinski definition) is 0. The zero-order valence-corrected chi connectivity index (χ0v) is 24.8. The van der Waals surface area contributed by atoms with E-state index in [0.717, 1.165) is 22.5 Å². The van der Waals surface area contributed by atoms with Crippen LogP contribution in [0.4, 0.5) is 0 Å². The van der Waals surface area contributed by atoms with Gasteiger partial charge in [0.15, 0.2) is 0 Å². The molecule has 2 aromatic heterocycles. The summed E-state index contributed by atoms with van der Waals surface area (Å²) in [6.07, 6.45) is 0. The van der Waals surface area contributed by atoms with Gasteiger partial charge in [-0.2, -0.15) is 0 Å². The third-order valence-corrected chi connectivity index (χ3v) is 10.0. The van der Waals surface area contributed by atoms with E-state index in [-0.39, 0.29) is 10.8 Å². The first kappa shape index (κ1) is 24.6. The molecule has 3 heteroatoms. The Morgan fingerprint density at radius 1 is 0.512 bits per heavy atom. The Hall–Kier alpha value is -5.02. The molecule has 0 atom stereocenters. The topological polar surface area (TPSA) is 30.7 Å². The van der Waals surface area contributed by atoms with Crippen molar-refractivity contribution in [2.45, 2.75) is 38.5 Å². The summed E-state index contributed by atoms with van der Waals surface area (Å²) >= 11 is 0. The van der Waals surface area contributed by atoms with E-state index in [1.54, 1.807) is 0 Å². The first-order chi connectivity index (χ1) is 20.9. The molecule has 7 aromatic rings. The first-order valence-electron chi connectivity index (χ1n) is 15.1. The van der Waals surface area contributed by atoms with Crippen molar-refractivity contribution in [3.8, 4) is 39.6 Å². The number of aromatic nitrogens is 3. The molecule has 0 spiro atoms. The van der Waals surface area contributed by atoms with Gasteiger partial charge in [-0.25, -0.2) is 9.97 Å². The van der Waals surface area contributed by atoms with Crippen LogP contribution in [-0.2, 0) is 10.8 Å². The van der Waals surface area contributed by atoms with Gasteiger partial charge in [0.1, 0.15) is 0 Å². The number of nitrogens with zero attached hydrogens (tertiary/aromatic N) is 3. The molecule has 0 bridgehead atoms. The van der Waals surface area contributed by atoms with E-state index in [9.17, 15) is 0 Å². The van der Waals surface area contributed by atoms with E-state index in [1.807, 2.05) is 0 Å². The summed E-state index contributed by atoms with van der Waals surface area (Å²) in [7, 11) is 0. The van der Waals surface area contributed by atoms with Crippen molar-refractivity contribution >= 4 is 21.8 Å². The molecule has 43 heavy (non-hydrogen) atoms. The van der Waals surface area contributed by atoms with E-state index in [0.29, 0.717) is 5.95 Å². The summed E-state index contributed by atoms with van der Waals surface area (Å²) in [4.78, 5) is 11.0. The third-order valence-electron chi connectivity index (χ3n) is 10.0. The molecular weight excluding hydrogens is 522 g/mol. The lowest BCUT2D eigenvalue weighted by molar-refractivity contribution is 0.656. The first-order valence-corrected chi connectivity index (χ1v) is 15.1. The van der Waals surface area contributed by atoms with E-state index in [2.05, 4.69) is 148 Å². The molecule has 0 saturated heterocycles. The van der Waals surface area contributed by atoms with Crippen LogP contribution in [0, 0.1) is 0 Å². The molecule has 9 rings (SSSR count). The fraction of sp³-hybridized carbons (Fsp3) is 0.150. The second kappa shape index (κ2) is 8.29. The molecule has 0 unspecified atom stereocenters. The van der Waals surface area contributed by atoms with Crippen LogP contribution in [0.25, 0.3) is 61.4 Å². The van der Waals surface area contributed by atoms with Crippen LogP contribution < -0.4 is 0 Å². The van der Waals surface area contributed by atoms with Crippen LogP contribution in [0.1, 0.15) is 49.9 Å². The molecule has 0 amide bonds. The van der Waals surface area contributed by atoms with Crippen molar-refractivity contribution in [1.29, 1.82) is 0 Å². The normalized spacial score (nSPS) is 15.3. The van der Waals surface area contributed by atoms with Crippen LogP contribution >= 0.6 is 0 Å². The lowest BCUT2D eigenvalue weighted by atomic mass is 9.81. The average Bonchev–Trinajstić information content (AvgIpc) is 3.58. The summed E-state index contributed by atoms with van der Waals surface area (Å²) in [6, 6.07) is 41.6. The number of rotatable bonds is 2. The molecule has 2 heterocycles. The maximum atomic E-state index is 5.51. The van der Waals surface area contributed by atoms with Crippen LogP contribution in [0.3, 0.4) is 0 Å². The van der Waals surface area contributed by atoms with Crippen molar-refractivity contribution in [2.75, 3.05) is 0 Å². The van der Waals surface area contributed by atoms with Crippen LogP contribution in [0.2, 0.25) is 0 Å². The van der Waals surface area contributed by atoms with Gasteiger partial charge in [-0.05, 0) is 28.3 Å². The Morgan fingerprint density at radius 2 is 1.14 bits per heavy atom. The summed E-state index contributed by atoms with van der Waals surface area (Å²) in [5.74, 6) is 0.715. The lowest BCUT2D eigenvalue weighted by Gasteiger charge is -2.24. The van der Waals surface area contributed by atoms with Gasteiger partial charge < -0.3 is 0 Å². The molecule has 0 fully saturated rings. The SMILES string of the molecule is CC1(C)c2ccccc2-c2c1ccc1c3ccccc3n(-c3nc(-c4ccccc4)c4c(n3)-c3ccccc3C4(C)C)c21. The minimum absolute atomic E-state index is 0.0989. The quantitative estimate of drug-likeness (QED) is 0.213. The number of hydrogen-bond acceptors (Lipinski definition) is 2. The zero-order valence-electron chi connectivity index (χ0n) is 24.8. The highest BCUT2D eigenvalue weighted by Gasteiger charge is 2.41. The predicted octanol–water partition coefficient (Wildman–Crippen LogP) is 9.85. The molecule has 0 saturated carbocycles. The fourth-order valence-electron chi connectivity index (χ4n) is 7.96. The molecule has 0 N–H and O–H groups in total. The van der Waals surface area contributed by atoms with Crippen molar-refractivity contribution in [1.82, 2.24) is 14.5 Å². The maximum Gasteiger partial charge on any atom is 0.235 e. The van der Waals surface area contributed by atoms with Gasteiger partial charge in [-0.1, -0.05) is 137 Å². The minimum atomic E-state index is -0.222. The molecule has 5 aromatic carbocycles. The Morgan fingerprint density at radius 3 is 1.93 bits per heavy atom. The summed E-state index contributed by atoms with van der Waals surface area (Å²) in [5, 5.41) is 2.45. The van der Waals surface area contributed by atoms with Gasteiger partial charge in [0, 0.05) is 43.9 Å². The Labute approximate surface area is 251 Å². The molecule has 2 aliphatic carbocycles. The molecule has 0 radical (unpaired) electrons. The maximum absolute atomic E-state index is 5.51. The summed E-state index contributed by atoms with van der Waals surface area (Å²) < 4.78 is 2.34. The highest BCUT2D eigenvalue weighted by atomic mass is 15.2. The number of fused-ring (bicyclic) bond motifs is 10. The molecule has 3 nitrogen and oxygen atoms in total. The Kier molecular flexibility index (Phi) is 4.74. The van der Waals surface area contributed by atoms with Crippen molar-refractivity contribution in [2.24, 2.45) is 0 Å². The Bertz CT molecular complexity index is 2290. The molecule has 2 aliphatic rings. The van der Waals surface area contributed by atoms with Gasteiger partial charge in [-0.3, -0.25) is 4.57 Å². The van der Waals surface area contributed by atoms with Gasteiger partial charge >= 0.3 is 0 Å². The van der Waals surface area contributed by atoms with Crippen molar-refractivity contribution in [3.05, 3.63) is 138 Å². The van der Waals surface area contributed by atoms with Crippen LogP contribution in [-0.4, -0.2) is 14.5 Å². The largest absolute Gasteiger partial charge is 0.277 e. The second-order valence-electron chi connectivity index (χ2n) is 13.0. The van der Waals surface area contributed by atoms with E-state index in [4.69, 9.17) is 9.97 Å². The third kappa shape index (κ3) is 3.09. The minimum Gasteiger partial charge on any atom is -0.277 e.